The third kappa shape index (κ3) is 3.35. The van der Waals surface area contributed by atoms with Crippen molar-refractivity contribution in [3.05, 3.63) is 64.7 Å². The highest BCUT2D eigenvalue weighted by atomic mass is 16.2. The quantitative estimate of drug-likeness (QED) is 0.679. The summed E-state index contributed by atoms with van der Waals surface area (Å²) in [6.45, 7) is 2.01. The summed E-state index contributed by atoms with van der Waals surface area (Å²) in [6, 6.07) is 14.0. The highest BCUT2D eigenvalue weighted by molar-refractivity contribution is 6.05. The Morgan fingerprint density at radius 1 is 1.07 bits per heavy atom. The minimum atomic E-state index is -0.574. The Labute approximate surface area is 174 Å². The van der Waals surface area contributed by atoms with Gasteiger partial charge in [-0.05, 0) is 41.7 Å². The van der Waals surface area contributed by atoms with Gasteiger partial charge in [0.25, 0.3) is 5.91 Å². The van der Waals surface area contributed by atoms with E-state index in [0.29, 0.717) is 25.1 Å². The number of benzene rings is 2. The van der Waals surface area contributed by atoms with E-state index in [4.69, 9.17) is 0 Å². The number of hydrogen-bond donors (Lipinski definition) is 3. The van der Waals surface area contributed by atoms with E-state index in [-0.39, 0.29) is 30.2 Å². The maximum absolute atomic E-state index is 13.0. The fraction of sp³-hybridized carbons (Fsp3) is 0.348. The summed E-state index contributed by atoms with van der Waals surface area (Å²) in [6.07, 6.45) is 1.65. The topological polar surface area (TPSA) is 90.5 Å². The van der Waals surface area contributed by atoms with E-state index in [1.165, 1.54) is 11.3 Å². The number of nitrogens with zero attached hydrogens (tertiary/aromatic N) is 1. The maximum atomic E-state index is 13.0. The average molecular weight is 404 g/mol. The van der Waals surface area contributed by atoms with Gasteiger partial charge in [0.15, 0.2) is 0 Å². The van der Waals surface area contributed by atoms with Crippen LogP contribution in [0.25, 0.3) is 0 Å². The van der Waals surface area contributed by atoms with Gasteiger partial charge in [-0.25, -0.2) is 0 Å². The summed E-state index contributed by atoms with van der Waals surface area (Å²) < 4.78 is 0. The van der Waals surface area contributed by atoms with Crippen LogP contribution in [0.3, 0.4) is 0 Å². The van der Waals surface area contributed by atoms with Crippen molar-refractivity contribution in [2.24, 2.45) is 0 Å². The molecule has 3 aliphatic rings. The van der Waals surface area contributed by atoms with Gasteiger partial charge in [-0.3, -0.25) is 19.7 Å². The van der Waals surface area contributed by atoms with Crippen LogP contribution in [0.2, 0.25) is 0 Å². The molecule has 2 unspecified atom stereocenters. The van der Waals surface area contributed by atoms with Crippen LogP contribution in [0.15, 0.2) is 42.5 Å². The fourth-order valence-corrected chi connectivity index (χ4v) is 4.63. The molecule has 0 aliphatic carbocycles. The Bertz CT molecular complexity index is 1030. The molecular formula is C23H24N4O3. The normalized spacial score (nSPS) is 22.9. The van der Waals surface area contributed by atoms with E-state index in [1.807, 2.05) is 24.3 Å². The van der Waals surface area contributed by atoms with Gasteiger partial charge in [0.05, 0.1) is 0 Å². The van der Waals surface area contributed by atoms with Gasteiger partial charge in [0.2, 0.25) is 11.8 Å². The summed E-state index contributed by atoms with van der Waals surface area (Å²) in [4.78, 5) is 38.2. The average Bonchev–Trinajstić information content (AvgIpc) is 3.08. The molecular weight excluding hydrogens is 380 g/mol. The number of imide groups is 1. The van der Waals surface area contributed by atoms with Gasteiger partial charge in [0.1, 0.15) is 6.04 Å². The Kier molecular flexibility index (Phi) is 4.75. The van der Waals surface area contributed by atoms with Gasteiger partial charge in [-0.2, -0.15) is 0 Å². The van der Waals surface area contributed by atoms with E-state index in [2.05, 4.69) is 34.1 Å². The third-order valence-electron chi connectivity index (χ3n) is 6.23. The number of carbonyl (C=O) groups is 3. The highest BCUT2D eigenvalue weighted by Gasteiger charge is 2.39. The predicted molar refractivity (Wildman–Crippen MR) is 112 cm³/mol. The largest absolute Gasteiger partial charge is 0.385 e. The first-order chi connectivity index (χ1) is 14.6. The number of fused-ring (bicyclic) bond motifs is 2. The molecule has 30 heavy (non-hydrogen) atoms. The lowest BCUT2D eigenvalue weighted by Crippen LogP contribution is -2.52. The SMILES string of the molecule is O=C1CCC(N2Cc3ccc(CNC4CCNc5ccccc54)cc3C2=O)C(=O)N1. The molecule has 3 N–H and O–H groups in total. The molecule has 1 saturated heterocycles. The van der Waals surface area contributed by atoms with Crippen molar-refractivity contribution >= 4 is 23.4 Å². The molecule has 1 fully saturated rings. The second-order valence-electron chi connectivity index (χ2n) is 8.13. The number of piperidine rings is 1. The molecule has 5 rings (SSSR count). The molecule has 154 valence electrons. The molecule has 2 aromatic rings. The molecule has 0 saturated carbocycles. The molecule has 7 nitrogen and oxygen atoms in total. The zero-order chi connectivity index (χ0) is 20.7. The van der Waals surface area contributed by atoms with Crippen LogP contribution in [0, 0.1) is 0 Å². The number of para-hydroxylation sites is 1. The summed E-state index contributed by atoms with van der Waals surface area (Å²) in [5, 5.41) is 9.39. The predicted octanol–water partition coefficient (Wildman–Crippen LogP) is 2.09. The third-order valence-corrected chi connectivity index (χ3v) is 6.23. The summed E-state index contributed by atoms with van der Waals surface area (Å²) in [7, 11) is 0. The Balaban J connectivity index is 1.29. The minimum Gasteiger partial charge on any atom is -0.385 e. The summed E-state index contributed by atoms with van der Waals surface area (Å²) in [5.74, 6) is -0.777. The monoisotopic (exact) mass is 404 g/mol. The van der Waals surface area contributed by atoms with Crippen LogP contribution in [-0.2, 0) is 22.7 Å². The van der Waals surface area contributed by atoms with Crippen molar-refractivity contribution in [1.29, 1.82) is 0 Å². The molecule has 0 aromatic heterocycles. The van der Waals surface area contributed by atoms with Gasteiger partial charge >= 0.3 is 0 Å². The van der Waals surface area contributed by atoms with E-state index in [9.17, 15) is 14.4 Å². The first-order valence-corrected chi connectivity index (χ1v) is 10.4. The van der Waals surface area contributed by atoms with Crippen molar-refractivity contribution in [2.45, 2.75) is 44.4 Å². The van der Waals surface area contributed by atoms with E-state index >= 15 is 0 Å². The number of amides is 3. The first-order valence-electron chi connectivity index (χ1n) is 10.4. The second kappa shape index (κ2) is 7.57. The number of hydrogen-bond acceptors (Lipinski definition) is 5. The molecule has 3 aliphatic heterocycles. The van der Waals surface area contributed by atoms with Crippen LogP contribution >= 0.6 is 0 Å². The summed E-state index contributed by atoms with van der Waals surface area (Å²) in [5.41, 5.74) is 5.07. The van der Waals surface area contributed by atoms with E-state index in [0.717, 1.165) is 24.1 Å². The van der Waals surface area contributed by atoms with Crippen molar-refractivity contribution in [3.63, 3.8) is 0 Å². The lowest BCUT2D eigenvalue weighted by Gasteiger charge is -2.29. The number of rotatable bonds is 4. The van der Waals surface area contributed by atoms with Crippen molar-refractivity contribution < 1.29 is 14.4 Å². The molecule has 2 aromatic carbocycles. The Morgan fingerprint density at radius 2 is 1.93 bits per heavy atom. The summed E-state index contributed by atoms with van der Waals surface area (Å²) >= 11 is 0. The number of carbonyl (C=O) groups excluding carboxylic acids is 3. The molecule has 3 heterocycles. The van der Waals surface area contributed by atoms with Crippen molar-refractivity contribution in [1.82, 2.24) is 15.5 Å². The highest BCUT2D eigenvalue weighted by Crippen LogP contribution is 2.31. The zero-order valence-electron chi connectivity index (χ0n) is 16.6. The lowest BCUT2D eigenvalue weighted by atomic mass is 9.97. The fourth-order valence-electron chi connectivity index (χ4n) is 4.63. The standard InChI is InChI=1S/C23H24N4O3/c28-21-8-7-20(22(29)26-21)27-13-15-6-5-14(11-17(15)23(27)30)12-25-19-9-10-24-18-4-2-1-3-16(18)19/h1-6,11,19-20,24-25H,7-10,12-13H2,(H,26,28,29). The smallest absolute Gasteiger partial charge is 0.255 e. The van der Waals surface area contributed by atoms with Crippen molar-refractivity contribution in [3.8, 4) is 0 Å². The van der Waals surface area contributed by atoms with Crippen LogP contribution in [0.1, 0.15) is 52.4 Å². The lowest BCUT2D eigenvalue weighted by molar-refractivity contribution is -0.136. The van der Waals surface area contributed by atoms with Gasteiger partial charge in [-0.1, -0.05) is 30.3 Å². The maximum Gasteiger partial charge on any atom is 0.255 e. The molecule has 0 bridgehead atoms. The second-order valence-corrected chi connectivity index (χ2v) is 8.13. The van der Waals surface area contributed by atoms with Crippen LogP contribution < -0.4 is 16.0 Å². The molecule has 2 atom stereocenters. The number of anilines is 1. The molecule has 3 amide bonds. The van der Waals surface area contributed by atoms with Crippen molar-refractivity contribution in [2.75, 3.05) is 11.9 Å². The van der Waals surface area contributed by atoms with Crippen LogP contribution in [0.4, 0.5) is 5.69 Å². The van der Waals surface area contributed by atoms with Gasteiger partial charge in [-0.15, -0.1) is 0 Å². The van der Waals surface area contributed by atoms with E-state index in [1.54, 1.807) is 4.90 Å². The molecule has 7 heteroatoms. The van der Waals surface area contributed by atoms with E-state index < -0.39 is 6.04 Å². The van der Waals surface area contributed by atoms with Gasteiger partial charge in [0, 0.05) is 43.3 Å². The van der Waals surface area contributed by atoms with Crippen LogP contribution in [0.5, 0.6) is 0 Å². The minimum absolute atomic E-state index is 0.131. The van der Waals surface area contributed by atoms with Crippen LogP contribution in [-0.4, -0.2) is 35.2 Å². The molecule has 0 spiro atoms. The molecule has 0 radical (unpaired) electrons. The number of nitrogens with one attached hydrogen (secondary N) is 3. The Morgan fingerprint density at radius 3 is 2.80 bits per heavy atom. The zero-order valence-corrected chi connectivity index (χ0v) is 16.6. The van der Waals surface area contributed by atoms with Gasteiger partial charge < -0.3 is 15.5 Å². The Hall–Kier alpha value is -3.19. The first kappa shape index (κ1) is 18.8.